The van der Waals surface area contributed by atoms with E-state index in [2.05, 4.69) is 22.3 Å². The summed E-state index contributed by atoms with van der Waals surface area (Å²) < 4.78 is 5.26. The van der Waals surface area contributed by atoms with Crippen molar-refractivity contribution in [1.29, 1.82) is 0 Å². The summed E-state index contributed by atoms with van der Waals surface area (Å²) in [4.78, 5) is 15.0. The number of methoxy groups -OCH3 is 1. The molecule has 0 spiro atoms. The fourth-order valence-electron chi connectivity index (χ4n) is 3.84. The lowest BCUT2D eigenvalue weighted by Crippen LogP contribution is -2.38. The first-order chi connectivity index (χ1) is 11.3. The second-order valence-corrected chi connectivity index (χ2v) is 6.72. The number of rotatable bonds is 4. The zero-order valence-corrected chi connectivity index (χ0v) is 14.1. The molecule has 126 valence electrons. The van der Waals surface area contributed by atoms with Crippen LogP contribution in [-0.2, 0) is 4.79 Å². The van der Waals surface area contributed by atoms with Gasteiger partial charge in [0, 0.05) is 19.0 Å². The van der Waals surface area contributed by atoms with E-state index in [9.17, 15) is 4.79 Å². The van der Waals surface area contributed by atoms with Gasteiger partial charge in [-0.2, -0.15) is 0 Å². The highest BCUT2D eigenvalue weighted by atomic mass is 16.5. The van der Waals surface area contributed by atoms with Crippen LogP contribution in [0.2, 0.25) is 0 Å². The molecule has 0 aromatic heterocycles. The van der Waals surface area contributed by atoms with Crippen molar-refractivity contribution in [3.8, 4) is 5.75 Å². The molecule has 2 aliphatic heterocycles. The molecule has 23 heavy (non-hydrogen) atoms. The predicted molar refractivity (Wildman–Crippen MR) is 91.6 cm³/mol. The van der Waals surface area contributed by atoms with Crippen LogP contribution in [-0.4, -0.2) is 37.0 Å². The molecule has 2 fully saturated rings. The molecular formula is C19H28N2O2. The first-order valence-electron chi connectivity index (χ1n) is 8.95. The minimum Gasteiger partial charge on any atom is -0.497 e. The summed E-state index contributed by atoms with van der Waals surface area (Å²) in [5, 5.41) is 3.45. The lowest BCUT2D eigenvalue weighted by molar-refractivity contribution is -0.134. The van der Waals surface area contributed by atoms with E-state index >= 15 is 0 Å². The molecule has 1 aromatic carbocycles. The van der Waals surface area contributed by atoms with Crippen LogP contribution < -0.4 is 10.1 Å². The number of ether oxygens (including phenoxy) is 1. The van der Waals surface area contributed by atoms with Gasteiger partial charge >= 0.3 is 0 Å². The van der Waals surface area contributed by atoms with Crippen molar-refractivity contribution >= 4 is 5.91 Å². The molecule has 0 saturated carbocycles. The van der Waals surface area contributed by atoms with Crippen molar-refractivity contribution < 1.29 is 9.53 Å². The number of likely N-dealkylation sites (tertiary alicyclic amines) is 1. The molecule has 2 heterocycles. The Morgan fingerprint density at radius 3 is 2.70 bits per heavy atom. The van der Waals surface area contributed by atoms with Gasteiger partial charge in [0.1, 0.15) is 5.75 Å². The van der Waals surface area contributed by atoms with Crippen LogP contribution in [0.3, 0.4) is 0 Å². The van der Waals surface area contributed by atoms with Crippen molar-refractivity contribution in [2.24, 2.45) is 0 Å². The maximum atomic E-state index is 12.9. The molecule has 0 bridgehead atoms. The number of hydrogen-bond donors (Lipinski definition) is 1. The summed E-state index contributed by atoms with van der Waals surface area (Å²) in [5.41, 5.74) is 1.24. The Labute approximate surface area is 139 Å². The van der Waals surface area contributed by atoms with E-state index in [1.54, 1.807) is 7.11 Å². The van der Waals surface area contributed by atoms with Gasteiger partial charge < -0.3 is 15.0 Å². The predicted octanol–water partition coefficient (Wildman–Crippen LogP) is 3.28. The van der Waals surface area contributed by atoms with Crippen LogP contribution in [0, 0.1) is 0 Å². The van der Waals surface area contributed by atoms with Gasteiger partial charge in [-0.25, -0.2) is 0 Å². The highest BCUT2D eigenvalue weighted by Crippen LogP contribution is 2.32. The van der Waals surface area contributed by atoms with E-state index in [0.29, 0.717) is 18.4 Å². The van der Waals surface area contributed by atoms with Crippen LogP contribution in [0.25, 0.3) is 0 Å². The number of amides is 1. The van der Waals surface area contributed by atoms with Gasteiger partial charge in [-0.05, 0) is 49.9 Å². The third-order valence-corrected chi connectivity index (χ3v) is 5.16. The minimum atomic E-state index is 0.220. The van der Waals surface area contributed by atoms with E-state index in [0.717, 1.165) is 38.1 Å². The van der Waals surface area contributed by atoms with Crippen molar-refractivity contribution in [2.45, 2.75) is 57.0 Å². The Hall–Kier alpha value is -1.55. The Kier molecular flexibility index (Phi) is 5.55. The number of carbonyl (C=O) groups is 1. The standard InChI is InChI=1S/C19H28N2O2/c1-23-17-10-8-15(9-11-17)18-7-3-2-4-13-21(18)19(22)14-16-6-5-12-20-16/h8-11,16,18,20H,2-7,12-14H2,1H3. The van der Waals surface area contributed by atoms with E-state index < -0.39 is 0 Å². The van der Waals surface area contributed by atoms with Crippen LogP contribution in [0.1, 0.15) is 56.6 Å². The minimum absolute atomic E-state index is 0.220. The average Bonchev–Trinajstić information content (AvgIpc) is 2.96. The highest BCUT2D eigenvalue weighted by Gasteiger charge is 2.29. The quantitative estimate of drug-likeness (QED) is 0.927. The third-order valence-electron chi connectivity index (χ3n) is 5.16. The number of hydrogen-bond acceptors (Lipinski definition) is 3. The van der Waals surface area contributed by atoms with Crippen molar-refractivity contribution in [1.82, 2.24) is 10.2 Å². The second-order valence-electron chi connectivity index (χ2n) is 6.72. The van der Waals surface area contributed by atoms with Gasteiger partial charge in [-0.3, -0.25) is 4.79 Å². The van der Waals surface area contributed by atoms with E-state index in [1.807, 2.05) is 12.1 Å². The largest absolute Gasteiger partial charge is 0.497 e. The molecule has 2 aliphatic rings. The molecule has 1 N–H and O–H groups in total. The summed E-state index contributed by atoms with van der Waals surface area (Å²) in [7, 11) is 1.69. The van der Waals surface area contributed by atoms with Gasteiger partial charge in [-0.1, -0.05) is 25.0 Å². The second kappa shape index (κ2) is 7.82. The zero-order valence-electron chi connectivity index (χ0n) is 14.1. The first kappa shape index (κ1) is 16.3. The van der Waals surface area contributed by atoms with Crippen LogP contribution in [0.15, 0.2) is 24.3 Å². The van der Waals surface area contributed by atoms with Crippen LogP contribution in [0.4, 0.5) is 0 Å². The Morgan fingerprint density at radius 2 is 2.00 bits per heavy atom. The monoisotopic (exact) mass is 316 g/mol. The molecule has 2 saturated heterocycles. The average molecular weight is 316 g/mol. The summed E-state index contributed by atoms with van der Waals surface area (Å²) in [6.45, 7) is 1.95. The van der Waals surface area contributed by atoms with Crippen molar-refractivity contribution in [2.75, 3.05) is 20.2 Å². The number of benzene rings is 1. The van der Waals surface area contributed by atoms with Crippen molar-refractivity contribution in [3.05, 3.63) is 29.8 Å². The van der Waals surface area contributed by atoms with E-state index in [-0.39, 0.29) is 6.04 Å². The Balaban J connectivity index is 1.74. The molecule has 1 aromatic rings. The fraction of sp³-hybridized carbons (Fsp3) is 0.632. The molecule has 1 amide bonds. The summed E-state index contributed by atoms with van der Waals surface area (Å²) in [5.74, 6) is 1.18. The molecule has 4 heteroatoms. The number of nitrogens with zero attached hydrogens (tertiary/aromatic N) is 1. The first-order valence-corrected chi connectivity index (χ1v) is 8.95. The summed E-state index contributed by atoms with van der Waals surface area (Å²) >= 11 is 0. The molecule has 0 aliphatic carbocycles. The molecular weight excluding hydrogens is 288 g/mol. The Bertz CT molecular complexity index is 509. The van der Waals surface area contributed by atoms with Crippen LogP contribution in [0.5, 0.6) is 5.75 Å². The topological polar surface area (TPSA) is 41.6 Å². The smallest absolute Gasteiger partial charge is 0.224 e. The molecule has 3 rings (SSSR count). The third kappa shape index (κ3) is 4.05. The normalized spacial score (nSPS) is 25.2. The lowest BCUT2D eigenvalue weighted by atomic mass is 10.00. The van der Waals surface area contributed by atoms with Gasteiger partial charge in [0.25, 0.3) is 0 Å². The molecule has 2 unspecified atom stereocenters. The summed E-state index contributed by atoms with van der Waals surface area (Å²) in [6, 6.07) is 8.83. The summed E-state index contributed by atoms with van der Waals surface area (Å²) in [6.07, 6.45) is 7.58. The number of carbonyl (C=O) groups excluding carboxylic acids is 1. The maximum Gasteiger partial charge on any atom is 0.224 e. The molecule has 0 radical (unpaired) electrons. The van der Waals surface area contributed by atoms with Gasteiger partial charge in [0.15, 0.2) is 0 Å². The molecule has 4 nitrogen and oxygen atoms in total. The van der Waals surface area contributed by atoms with Gasteiger partial charge in [-0.15, -0.1) is 0 Å². The fourth-order valence-corrected chi connectivity index (χ4v) is 3.84. The van der Waals surface area contributed by atoms with E-state index in [4.69, 9.17) is 4.74 Å². The molecule has 2 atom stereocenters. The zero-order chi connectivity index (χ0) is 16.1. The van der Waals surface area contributed by atoms with Gasteiger partial charge in [0.05, 0.1) is 13.2 Å². The lowest BCUT2D eigenvalue weighted by Gasteiger charge is -2.31. The van der Waals surface area contributed by atoms with Gasteiger partial charge in [0.2, 0.25) is 5.91 Å². The SMILES string of the molecule is COc1ccc(C2CCCCCN2C(=O)CC2CCCN2)cc1. The van der Waals surface area contributed by atoms with Crippen molar-refractivity contribution in [3.63, 3.8) is 0 Å². The number of nitrogens with one attached hydrogen (secondary N) is 1. The highest BCUT2D eigenvalue weighted by molar-refractivity contribution is 5.77. The van der Waals surface area contributed by atoms with E-state index in [1.165, 1.54) is 24.8 Å². The Morgan fingerprint density at radius 1 is 1.17 bits per heavy atom. The maximum absolute atomic E-state index is 12.9. The van der Waals surface area contributed by atoms with Crippen LogP contribution >= 0.6 is 0 Å².